The van der Waals surface area contributed by atoms with Gasteiger partial charge >= 0.3 is 6.18 Å². The summed E-state index contributed by atoms with van der Waals surface area (Å²) in [5, 5.41) is 13.7. The van der Waals surface area contributed by atoms with Crippen molar-refractivity contribution in [3.8, 4) is 10.4 Å². The predicted molar refractivity (Wildman–Crippen MR) is 123 cm³/mol. The number of aromatic nitrogens is 2. The molecule has 8 nitrogen and oxygen atoms in total. The summed E-state index contributed by atoms with van der Waals surface area (Å²) in [5.41, 5.74) is -1.07. The van der Waals surface area contributed by atoms with Crippen LogP contribution in [0.1, 0.15) is 65.4 Å². The van der Waals surface area contributed by atoms with Gasteiger partial charge in [0.15, 0.2) is 5.01 Å². The Hall–Kier alpha value is -2.87. The summed E-state index contributed by atoms with van der Waals surface area (Å²) in [5.74, 6) is -1.65. The van der Waals surface area contributed by atoms with Crippen molar-refractivity contribution in [2.24, 2.45) is 0 Å². The summed E-state index contributed by atoms with van der Waals surface area (Å²) in [7, 11) is 0. The second-order valence-electron chi connectivity index (χ2n) is 8.37. The predicted octanol–water partition coefficient (Wildman–Crippen LogP) is 4.24. The highest BCUT2D eigenvalue weighted by atomic mass is 32.1. The molecule has 2 aromatic rings. The van der Waals surface area contributed by atoms with Crippen molar-refractivity contribution in [3.63, 3.8) is 0 Å². The SMILES string of the molecule is CCC(CO)NC(=O)c1nc(C(=O)N2CCCC2C)c(-c2cnc(NCC(F)(F)F)cc2C(F)F)s1. The molecule has 3 heterocycles. The molecule has 0 spiro atoms. The van der Waals surface area contributed by atoms with Crippen LogP contribution in [0.3, 0.4) is 0 Å². The zero-order valence-corrected chi connectivity index (χ0v) is 20.3. The van der Waals surface area contributed by atoms with E-state index in [2.05, 4.69) is 15.3 Å². The fourth-order valence-electron chi connectivity index (χ4n) is 3.77. The molecule has 0 aromatic carbocycles. The molecule has 0 aliphatic carbocycles. The van der Waals surface area contributed by atoms with Gasteiger partial charge in [-0.25, -0.2) is 18.7 Å². The van der Waals surface area contributed by atoms with Gasteiger partial charge in [0.05, 0.1) is 17.5 Å². The Morgan fingerprint density at radius 1 is 1.33 bits per heavy atom. The van der Waals surface area contributed by atoms with E-state index >= 15 is 0 Å². The molecule has 36 heavy (non-hydrogen) atoms. The van der Waals surface area contributed by atoms with E-state index in [-0.39, 0.29) is 33.8 Å². The molecule has 3 N–H and O–H groups in total. The average Bonchev–Trinajstić information content (AvgIpc) is 3.46. The minimum absolute atomic E-state index is 0.0357. The second kappa shape index (κ2) is 11.5. The van der Waals surface area contributed by atoms with Gasteiger partial charge in [-0.2, -0.15) is 13.2 Å². The van der Waals surface area contributed by atoms with E-state index in [1.807, 2.05) is 12.2 Å². The van der Waals surface area contributed by atoms with E-state index in [1.165, 1.54) is 4.90 Å². The maximum Gasteiger partial charge on any atom is 0.405 e. The number of likely N-dealkylation sites (tertiary alicyclic amines) is 1. The summed E-state index contributed by atoms with van der Waals surface area (Å²) in [6.45, 7) is 2.22. The molecule has 3 rings (SSSR count). The number of rotatable bonds is 9. The van der Waals surface area contributed by atoms with Crippen LogP contribution < -0.4 is 10.6 Å². The minimum atomic E-state index is -4.58. The van der Waals surface area contributed by atoms with Gasteiger partial charge in [-0.05, 0) is 32.3 Å². The fraction of sp³-hybridized carbons (Fsp3) is 0.545. The maximum absolute atomic E-state index is 14.0. The number of nitrogens with zero attached hydrogens (tertiary/aromatic N) is 3. The van der Waals surface area contributed by atoms with Crippen LogP contribution in [0.5, 0.6) is 0 Å². The zero-order chi connectivity index (χ0) is 26.6. The number of aliphatic hydroxyl groups excluding tert-OH is 1. The lowest BCUT2D eigenvalue weighted by atomic mass is 10.1. The summed E-state index contributed by atoms with van der Waals surface area (Å²) >= 11 is 0.701. The molecule has 0 bridgehead atoms. The lowest BCUT2D eigenvalue weighted by Crippen LogP contribution is -2.37. The number of alkyl halides is 5. The number of hydrogen-bond acceptors (Lipinski definition) is 7. The number of nitrogens with one attached hydrogen (secondary N) is 2. The Morgan fingerprint density at radius 3 is 2.61 bits per heavy atom. The highest BCUT2D eigenvalue weighted by Gasteiger charge is 2.33. The van der Waals surface area contributed by atoms with Gasteiger partial charge in [-0.1, -0.05) is 6.92 Å². The van der Waals surface area contributed by atoms with Crippen molar-refractivity contribution < 1.29 is 36.6 Å². The third-order valence-electron chi connectivity index (χ3n) is 5.77. The molecule has 2 amide bonds. The third-order valence-corrected chi connectivity index (χ3v) is 6.86. The Kier molecular flexibility index (Phi) is 8.82. The molecule has 2 aromatic heterocycles. The average molecular weight is 536 g/mol. The molecule has 2 unspecified atom stereocenters. The van der Waals surface area contributed by atoms with Crippen molar-refractivity contribution in [2.75, 3.05) is 25.0 Å². The van der Waals surface area contributed by atoms with Gasteiger partial charge in [0, 0.05) is 29.9 Å². The first-order valence-electron chi connectivity index (χ1n) is 11.3. The fourth-order valence-corrected chi connectivity index (χ4v) is 4.76. The summed E-state index contributed by atoms with van der Waals surface area (Å²) in [6.07, 6.45) is -4.83. The molecular formula is C22H26F5N5O3S. The molecule has 1 aliphatic rings. The van der Waals surface area contributed by atoms with Gasteiger partial charge in [-0.15, -0.1) is 11.3 Å². The van der Waals surface area contributed by atoms with Crippen LogP contribution >= 0.6 is 11.3 Å². The van der Waals surface area contributed by atoms with Crippen LogP contribution in [0, 0.1) is 0 Å². The van der Waals surface area contributed by atoms with E-state index in [1.54, 1.807) is 6.92 Å². The first-order valence-corrected chi connectivity index (χ1v) is 12.1. The summed E-state index contributed by atoms with van der Waals surface area (Å²) < 4.78 is 65.6. The van der Waals surface area contributed by atoms with E-state index in [0.717, 1.165) is 25.1 Å². The van der Waals surface area contributed by atoms with Crippen molar-refractivity contribution in [1.29, 1.82) is 0 Å². The molecule has 0 radical (unpaired) electrons. The highest BCUT2D eigenvalue weighted by molar-refractivity contribution is 7.17. The van der Waals surface area contributed by atoms with Crippen LogP contribution in [-0.4, -0.2) is 69.7 Å². The van der Waals surface area contributed by atoms with Gasteiger partial charge in [0.2, 0.25) is 0 Å². The van der Waals surface area contributed by atoms with Crippen LogP contribution in [0.4, 0.5) is 27.8 Å². The van der Waals surface area contributed by atoms with Gasteiger partial charge < -0.3 is 20.6 Å². The van der Waals surface area contributed by atoms with Crippen LogP contribution in [0.25, 0.3) is 10.4 Å². The first kappa shape index (κ1) is 27.7. The number of carbonyl (C=O) groups is 2. The Labute approximate surface area is 207 Å². The summed E-state index contributed by atoms with van der Waals surface area (Å²) in [6, 6.07) is 0.0984. The number of anilines is 1. The third kappa shape index (κ3) is 6.46. The van der Waals surface area contributed by atoms with Gasteiger partial charge in [-0.3, -0.25) is 9.59 Å². The van der Waals surface area contributed by atoms with E-state index in [0.29, 0.717) is 24.3 Å². The minimum Gasteiger partial charge on any atom is -0.394 e. The van der Waals surface area contributed by atoms with Crippen molar-refractivity contribution in [3.05, 3.63) is 28.5 Å². The van der Waals surface area contributed by atoms with Gasteiger partial charge in [0.1, 0.15) is 18.1 Å². The monoisotopic (exact) mass is 535 g/mol. The second-order valence-corrected chi connectivity index (χ2v) is 9.37. The molecular weight excluding hydrogens is 509 g/mol. The maximum atomic E-state index is 14.0. The normalized spacial score (nSPS) is 16.9. The first-order chi connectivity index (χ1) is 16.9. The standard InChI is InChI=1S/C22H26F5N5O3S/c1-3-12(9-33)30-19(34)20-31-16(21(35)32-6-4-5-11(32)2)17(36-20)14-8-28-15(7-13(14)18(23)24)29-10-22(25,26)27/h7-8,11-12,18,33H,3-6,9-10H2,1-2H3,(H,28,29)(H,30,34). The van der Waals surface area contributed by atoms with Gasteiger partial charge in [0.25, 0.3) is 18.2 Å². The number of hydrogen-bond donors (Lipinski definition) is 3. The highest BCUT2D eigenvalue weighted by Crippen LogP contribution is 2.39. The number of pyridine rings is 1. The summed E-state index contributed by atoms with van der Waals surface area (Å²) in [4.78, 5) is 35.6. The Morgan fingerprint density at radius 2 is 2.06 bits per heavy atom. The molecule has 2 atom stereocenters. The van der Waals surface area contributed by atoms with Crippen molar-refractivity contribution in [1.82, 2.24) is 20.2 Å². The molecule has 1 aliphatic heterocycles. The lowest BCUT2D eigenvalue weighted by Gasteiger charge is -2.21. The number of carbonyl (C=O) groups excluding carboxylic acids is 2. The molecule has 198 valence electrons. The van der Waals surface area contributed by atoms with Crippen LogP contribution in [-0.2, 0) is 0 Å². The van der Waals surface area contributed by atoms with E-state index in [9.17, 15) is 36.6 Å². The van der Waals surface area contributed by atoms with Crippen LogP contribution in [0.15, 0.2) is 12.3 Å². The lowest BCUT2D eigenvalue weighted by molar-refractivity contribution is -0.115. The number of aliphatic hydroxyl groups is 1. The van der Waals surface area contributed by atoms with Crippen molar-refractivity contribution >= 4 is 29.0 Å². The Bertz CT molecular complexity index is 1090. The molecule has 1 fully saturated rings. The number of amides is 2. The molecule has 0 saturated carbocycles. The Balaban J connectivity index is 2.07. The van der Waals surface area contributed by atoms with Crippen LogP contribution in [0.2, 0.25) is 0 Å². The van der Waals surface area contributed by atoms with E-state index in [4.69, 9.17) is 0 Å². The quantitative estimate of drug-likeness (QED) is 0.415. The molecule has 1 saturated heterocycles. The van der Waals surface area contributed by atoms with Crippen molar-refractivity contribution in [2.45, 2.75) is 57.8 Å². The number of thiazole rings is 1. The smallest absolute Gasteiger partial charge is 0.394 e. The largest absolute Gasteiger partial charge is 0.405 e. The molecule has 14 heteroatoms. The topological polar surface area (TPSA) is 107 Å². The zero-order valence-electron chi connectivity index (χ0n) is 19.5. The van der Waals surface area contributed by atoms with E-state index < -0.39 is 48.4 Å². The number of halogens is 5.